The molecule has 5 heteroatoms. The van der Waals surface area contributed by atoms with Crippen molar-refractivity contribution < 1.29 is 9.53 Å². The van der Waals surface area contributed by atoms with Crippen molar-refractivity contribution in [2.24, 2.45) is 5.92 Å². The molecule has 1 aromatic heterocycles. The van der Waals surface area contributed by atoms with Crippen molar-refractivity contribution in [2.45, 2.75) is 51.1 Å². The number of aromatic nitrogens is 1. The van der Waals surface area contributed by atoms with E-state index in [9.17, 15) is 4.79 Å². The second-order valence-electron chi connectivity index (χ2n) is 8.17. The fourth-order valence-electron chi connectivity index (χ4n) is 4.57. The Kier molecular flexibility index (Phi) is 6.23. The van der Waals surface area contributed by atoms with Crippen LogP contribution in [0.4, 0.5) is 0 Å². The lowest BCUT2D eigenvalue weighted by atomic mass is 9.92. The molecular weight excluding hydrogens is 350 g/mol. The van der Waals surface area contributed by atoms with Crippen LogP contribution in [0.25, 0.3) is 10.9 Å². The number of benzene rings is 1. The minimum Gasteiger partial charge on any atom is -0.379 e. The van der Waals surface area contributed by atoms with E-state index in [4.69, 9.17) is 4.74 Å². The van der Waals surface area contributed by atoms with Gasteiger partial charge in [0.25, 0.3) is 0 Å². The minimum atomic E-state index is 0.313. The minimum absolute atomic E-state index is 0.313. The Bertz CT molecular complexity index is 796. The van der Waals surface area contributed by atoms with E-state index in [1.807, 2.05) is 17.2 Å². The lowest BCUT2D eigenvalue weighted by molar-refractivity contribution is -0.132. The Morgan fingerprint density at radius 1 is 1.21 bits per heavy atom. The van der Waals surface area contributed by atoms with E-state index in [0.717, 1.165) is 57.5 Å². The van der Waals surface area contributed by atoms with Gasteiger partial charge >= 0.3 is 0 Å². The van der Waals surface area contributed by atoms with Crippen molar-refractivity contribution >= 4 is 16.8 Å². The summed E-state index contributed by atoms with van der Waals surface area (Å²) >= 11 is 0. The molecule has 1 N–H and O–H groups in total. The molecule has 0 aliphatic carbocycles. The average molecular weight is 382 g/mol. The first-order valence-electron chi connectivity index (χ1n) is 10.7. The topological polar surface area (TPSA) is 54.5 Å². The van der Waals surface area contributed by atoms with Crippen molar-refractivity contribution in [1.29, 1.82) is 0 Å². The largest absolute Gasteiger partial charge is 0.379 e. The summed E-state index contributed by atoms with van der Waals surface area (Å²) in [5.41, 5.74) is 2.42. The lowest BCUT2D eigenvalue weighted by Gasteiger charge is -2.34. The van der Waals surface area contributed by atoms with Crippen LogP contribution >= 0.6 is 0 Å². The van der Waals surface area contributed by atoms with Gasteiger partial charge < -0.3 is 15.0 Å². The maximum Gasteiger partial charge on any atom is 0.222 e. The molecule has 0 bridgehead atoms. The smallest absolute Gasteiger partial charge is 0.222 e. The van der Waals surface area contributed by atoms with Gasteiger partial charge in [0.1, 0.15) is 0 Å². The molecule has 1 amide bonds. The predicted octanol–water partition coefficient (Wildman–Crippen LogP) is 3.17. The third-order valence-electron chi connectivity index (χ3n) is 6.18. The van der Waals surface area contributed by atoms with Gasteiger partial charge in [-0.2, -0.15) is 0 Å². The molecule has 0 unspecified atom stereocenters. The van der Waals surface area contributed by atoms with Crippen LogP contribution in [0, 0.1) is 5.92 Å². The van der Waals surface area contributed by atoms with Gasteiger partial charge in [-0.1, -0.05) is 25.1 Å². The highest BCUT2D eigenvalue weighted by atomic mass is 16.5. The van der Waals surface area contributed by atoms with E-state index in [1.54, 1.807) is 0 Å². The predicted molar refractivity (Wildman–Crippen MR) is 111 cm³/mol. The van der Waals surface area contributed by atoms with Crippen LogP contribution in [0.15, 0.2) is 36.5 Å². The number of likely N-dealkylation sites (tertiary alicyclic amines) is 1. The fraction of sp³-hybridized carbons (Fsp3) is 0.565. The summed E-state index contributed by atoms with van der Waals surface area (Å²) in [6, 6.07) is 11.4. The summed E-state index contributed by atoms with van der Waals surface area (Å²) < 4.78 is 5.84. The van der Waals surface area contributed by atoms with Gasteiger partial charge in [-0.15, -0.1) is 0 Å². The summed E-state index contributed by atoms with van der Waals surface area (Å²) in [7, 11) is 0. The van der Waals surface area contributed by atoms with E-state index in [1.165, 1.54) is 10.9 Å². The number of piperidine rings is 1. The Morgan fingerprint density at radius 2 is 2.04 bits per heavy atom. The number of ether oxygens (including phenoxy) is 1. The first-order chi connectivity index (χ1) is 13.7. The van der Waals surface area contributed by atoms with Crippen molar-refractivity contribution in [3.63, 3.8) is 0 Å². The zero-order chi connectivity index (χ0) is 19.3. The van der Waals surface area contributed by atoms with E-state index in [0.29, 0.717) is 30.3 Å². The molecule has 2 atom stereocenters. The summed E-state index contributed by atoms with van der Waals surface area (Å²) in [5.74, 6) is 0.790. The normalized spacial score (nSPS) is 23.4. The molecule has 3 heterocycles. The second-order valence-corrected chi connectivity index (χ2v) is 8.17. The number of hydrogen-bond acceptors (Lipinski definition) is 4. The first kappa shape index (κ1) is 19.3. The number of pyridine rings is 1. The van der Waals surface area contributed by atoms with Crippen molar-refractivity contribution in [2.75, 3.05) is 26.3 Å². The second kappa shape index (κ2) is 9.01. The van der Waals surface area contributed by atoms with E-state index >= 15 is 0 Å². The molecular formula is C23H31N3O2. The standard InChI is InChI=1S/C23H31N3O2/c1-2-5-23(27)26-12-9-19(10-13-26)25-22-16-28-15-18(22)14-17-8-11-24-21-7-4-3-6-20(17)21/h3-4,6-8,11,18-19,22,25H,2,5,9-10,12-16H2,1H3/t18-,22+/m1/s1. The van der Waals surface area contributed by atoms with Crippen LogP contribution in [0.3, 0.4) is 0 Å². The number of carbonyl (C=O) groups is 1. The van der Waals surface area contributed by atoms with Crippen LogP contribution in [0.5, 0.6) is 0 Å². The molecule has 2 aliphatic heterocycles. The quantitative estimate of drug-likeness (QED) is 0.835. The van der Waals surface area contributed by atoms with Gasteiger partial charge in [-0.05, 0) is 43.4 Å². The molecule has 28 heavy (non-hydrogen) atoms. The van der Waals surface area contributed by atoms with Crippen LogP contribution < -0.4 is 5.32 Å². The van der Waals surface area contributed by atoms with Crippen LogP contribution in [0.2, 0.25) is 0 Å². The molecule has 0 saturated carbocycles. The number of fused-ring (bicyclic) bond motifs is 1. The molecule has 2 saturated heterocycles. The zero-order valence-electron chi connectivity index (χ0n) is 16.8. The molecule has 5 nitrogen and oxygen atoms in total. The fourth-order valence-corrected chi connectivity index (χ4v) is 4.57. The summed E-state index contributed by atoms with van der Waals surface area (Å²) in [5, 5.41) is 5.10. The van der Waals surface area contributed by atoms with E-state index in [-0.39, 0.29) is 0 Å². The van der Waals surface area contributed by atoms with Gasteiger partial charge in [0.2, 0.25) is 5.91 Å². The first-order valence-corrected chi connectivity index (χ1v) is 10.7. The number of nitrogens with one attached hydrogen (secondary N) is 1. The highest BCUT2D eigenvalue weighted by molar-refractivity contribution is 5.81. The highest BCUT2D eigenvalue weighted by Gasteiger charge is 2.32. The van der Waals surface area contributed by atoms with Gasteiger partial charge in [0, 0.05) is 49.1 Å². The van der Waals surface area contributed by atoms with Gasteiger partial charge in [-0.3, -0.25) is 9.78 Å². The van der Waals surface area contributed by atoms with Crippen molar-refractivity contribution in [3.8, 4) is 0 Å². The summed E-state index contributed by atoms with van der Waals surface area (Å²) in [6.07, 6.45) is 6.61. The number of carbonyl (C=O) groups excluding carboxylic acids is 1. The molecule has 2 aromatic rings. The maximum absolute atomic E-state index is 12.1. The number of rotatable bonds is 6. The van der Waals surface area contributed by atoms with Crippen LogP contribution in [-0.4, -0.2) is 54.2 Å². The Balaban J connectivity index is 1.35. The SMILES string of the molecule is CCCC(=O)N1CCC(N[C@H]2COC[C@H]2Cc2ccnc3ccccc23)CC1. The Morgan fingerprint density at radius 3 is 2.86 bits per heavy atom. The van der Waals surface area contributed by atoms with E-state index in [2.05, 4.69) is 41.5 Å². The number of amides is 1. The van der Waals surface area contributed by atoms with Gasteiger partial charge in [0.05, 0.1) is 18.7 Å². The maximum atomic E-state index is 12.1. The lowest BCUT2D eigenvalue weighted by Crippen LogP contribution is -2.49. The number of hydrogen-bond donors (Lipinski definition) is 1. The molecule has 0 spiro atoms. The molecule has 1 aromatic carbocycles. The van der Waals surface area contributed by atoms with Crippen LogP contribution in [0.1, 0.15) is 38.2 Å². The molecule has 150 valence electrons. The molecule has 2 fully saturated rings. The summed E-state index contributed by atoms with van der Waals surface area (Å²) in [6.45, 7) is 5.41. The number of nitrogens with zero attached hydrogens (tertiary/aromatic N) is 2. The van der Waals surface area contributed by atoms with Crippen molar-refractivity contribution in [3.05, 3.63) is 42.1 Å². The van der Waals surface area contributed by atoms with Gasteiger partial charge in [0.15, 0.2) is 0 Å². The van der Waals surface area contributed by atoms with Gasteiger partial charge in [-0.25, -0.2) is 0 Å². The zero-order valence-corrected chi connectivity index (χ0v) is 16.8. The van der Waals surface area contributed by atoms with Crippen molar-refractivity contribution in [1.82, 2.24) is 15.2 Å². The van der Waals surface area contributed by atoms with Crippen LogP contribution in [-0.2, 0) is 16.0 Å². The Labute approximate surface area is 167 Å². The third kappa shape index (κ3) is 4.36. The monoisotopic (exact) mass is 381 g/mol. The van der Waals surface area contributed by atoms with E-state index < -0.39 is 0 Å². The molecule has 2 aliphatic rings. The summed E-state index contributed by atoms with van der Waals surface area (Å²) in [4.78, 5) is 18.6. The number of para-hydroxylation sites is 1. The Hall–Kier alpha value is -1.98. The molecule has 4 rings (SSSR count). The third-order valence-corrected chi connectivity index (χ3v) is 6.18. The average Bonchev–Trinajstić information content (AvgIpc) is 3.15. The highest BCUT2D eigenvalue weighted by Crippen LogP contribution is 2.25. The molecule has 0 radical (unpaired) electrons.